The molecule has 9 nitrogen and oxygen atoms in total. The average molecular weight is 560 g/mol. The van der Waals surface area contributed by atoms with E-state index >= 15 is 0 Å². The number of aromatic nitrogens is 3. The van der Waals surface area contributed by atoms with Crippen molar-refractivity contribution in [2.45, 2.75) is 19.3 Å². The number of carbonyl (C=O) groups is 2. The summed E-state index contributed by atoms with van der Waals surface area (Å²) in [6, 6.07) is 22.4. The fourth-order valence-electron chi connectivity index (χ4n) is 4.05. The van der Waals surface area contributed by atoms with Gasteiger partial charge < -0.3 is 15.6 Å². The maximum Gasteiger partial charge on any atom is 0.439 e. The van der Waals surface area contributed by atoms with Crippen LogP contribution in [0.15, 0.2) is 86.6 Å². The van der Waals surface area contributed by atoms with Crippen molar-refractivity contribution in [2.75, 3.05) is 10.6 Å². The molecule has 4 N–H and O–H groups in total. The summed E-state index contributed by atoms with van der Waals surface area (Å²) in [5.74, 6) is -0.996. The molecule has 0 spiro atoms. The Balaban J connectivity index is 1.30. The van der Waals surface area contributed by atoms with E-state index in [2.05, 4.69) is 46.2 Å². The summed E-state index contributed by atoms with van der Waals surface area (Å²) >= 11 is 3.39. The lowest BCUT2D eigenvalue weighted by Gasteiger charge is -2.09. The predicted molar refractivity (Wildman–Crippen MR) is 145 cm³/mol. The van der Waals surface area contributed by atoms with Crippen LogP contribution in [-0.2, 0) is 11.2 Å². The third kappa shape index (κ3) is 5.70. The summed E-state index contributed by atoms with van der Waals surface area (Å²) in [5.41, 5.74) is 3.67. The normalized spacial score (nSPS) is 10.9. The van der Waals surface area contributed by atoms with Gasteiger partial charge in [-0.15, -0.1) is 0 Å². The first-order valence-corrected chi connectivity index (χ1v) is 12.4. The molecule has 0 saturated heterocycles. The fraction of sp³-hybridized carbons (Fsp3) is 0.111. The molecule has 2 amide bonds. The number of aromatic amines is 2. The Hall–Kier alpha value is -4.44. The lowest BCUT2D eigenvalue weighted by Crippen LogP contribution is -2.13. The molecule has 0 saturated carbocycles. The molecule has 5 rings (SSSR count). The molecule has 2 aromatic heterocycles. The molecule has 10 heteroatoms. The van der Waals surface area contributed by atoms with Gasteiger partial charge in [0.15, 0.2) is 5.82 Å². The number of halogens is 1. The summed E-state index contributed by atoms with van der Waals surface area (Å²) in [5, 5.41) is 10.3. The number of rotatable bonds is 8. The maximum atomic E-state index is 13.1. The van der Waals surface area contributed by atoms with Crippen molar-refractivity contribution in [3.05, 3.63) is 99.1 Å². The fourth-order valence-corrected chi connectivity index (χ4v) is 4.41. The zero-order chi connectivity index (χ0) is 25.8. The van der Waals surface area contributed by atoms with Crippen molar-refractivity contribution in [3.8, 4) is 11.4 Å². The van der Waals surface area contributed by atoms with Crippen molar-refractivity contribution in [2.24, 2.45) is 0 Å². The van der Waals surface area contributed by atoms with E-state index in [0.717, 1.165) is 22.7 Å². The second kappa shape index (κ2) is 10.7. The second-order valence-corrected chi connectivity index (χ2v) is 9.34. The van der Waals surface area contributed by atoms with E-state index in [1.54, 1.807) is 30.3 Å². The van der Waals surface area contributed by atoms with E-state index < -0.39 is 11.7 Å². The van der Waals surface area contributed by atoms with Gasteiger partial charge in [0, 0.05) is 21.8 Å². The molecular weight excluding hydrogens is 538 g/mol. The second-order valence-electron chi connectivity index (χ2n) is 8.43. The van der Waals surface area contributed by atoms with Crippen molar-refractivity contribution in [1.82, 2.24) is 15.1 Å². The van der Waals surface area contributed by atoms with E-state index in [-0.39, 0.29) is 11.7 Å². The highest BCUT2D eigenvalue weighted by atomic mass is 79.9. The van der Waals surface area contributed by atoms with E-state index in [1.165, 1.54) is 5.56 Å². The summed E-state index contributed by atoms with van der Waals surface area (Å²) < 4.78 is 5.34. The molecule has 0 bridgehead atoms. The van der Waals surface area contributed by atoms with Crippen LogP contribution >= 0.6 is 15.9 Å². The van der Waals surface area contributed by atoms with Gasteiger partial charge in [0.25, 0.3) is 5.91 Å². The maximum absolute atomic E-state index is 13.1. The Morgan fingerprint density at radius 2 is 1.76 bits per heavy atom. The number of anilines is 2. The molecule has 0 atom stereocenters. The molecule has 0 unspecified atom stereocenters. The molecule has 2 heterocycles. The Kier molecular flexibility index (Phi) is 7.00. The number of hydrogen-bond donors (Lipinski definition) is 4. The Morgan fingerprint density at radius 3 is 2.54 bits per heavy atom. The minimum atomic E-state index is -0.697. The SMILES string of the molecule is O=C(CCCc1ccccc1)Nc1cccc2cc(C(=O)Nc3ccc(Br)cc3-c3noc(=O)[nH]3)[nH]c12. The molecule has 3 aromatic carbocycles. The van der Waals surface area contributed by atoms with Crippen LogP contribution in [0, 0.1) is 0 Å². The average Bonchev–Trinajstić information content (AvgIpc) is 3.53. The van der Waals surface area contributed by atoms with Gasteiger partial charge in [0.05, 0.1) is 16.9 Å². The third-order valence-corrected chi connectivity index (χ3v) is 6.31. The van der Waals surface area contributed by atoms with Crippen LogP contribution in [0.4, 0.5) is 11.4 Å². The number of benzene rings is 3. The summed E-state index contributed by atoms with van der Waals surface area (Å²) in [6.45, 7) is 0. The molecule has 0 aliphatic rings. The van der Waals surface area contributed by atoms with Crippen molar-refractivity contribution >= 4 is 50.0 Å². The minimum absolute atomic E-state index is 0.0925. The van der Waals surface area contributed by atoms with Gasteiger partial charge in [-0.3, -0.25) is 19.1 Å². The molecule has 5 aromatic rings. The number of H-pyrrole nitrogens is 2. The van der Waals surface area contributed by atoms with Crippen LogP contribution in [0.5, 0.6) is 0 Å². The monoisotopic (exact) mass is 559 g/mol. The third-order valence-electron chi connectivity index (χ3n) is 5.81. The number of hydrogen-bond acceptors (Lipinski definition) is 5. The molecule has 37 heavy (non-hydrogen) atoms. The number of amides is 2. The van der Waals surface area contributed by atoms with Crippen molar-refractivity contribution < 1.29 is 14.1 Å². The van der Waals surface area contributed by atoms with Gasteiger partial charge in [-0.1, -0.05) is 63.6 Å². The smallest absolute Gasteiger partial charge is 0.349 e. The van der Waals surface area contributed by atoms with Crippen LogP contribution in [0.25, 0.3) is 22.3 Å². The van der Waals surface area contributed by atoms with Crippen LogP contribution in [0.3, 0.4) is 0 Å². The largest absolute Gasteiger partial charge is 0.439 e. The molecule has 0 aliphatic heterocycles. The van der Waals surface area contributed by atoms with Crippen LogP contribution < -0.4 is 16.4 Å². The Morgan fingerprint density at radius 1 is 0.919 bits per heavy atom. The predicted octanol–water partition coefficient (Wildman–Crippen LogP) is 5.49. The van der Waals surface area contributed by atoms with Crippen molar-refractivity contribution in [1.29, 1.82) is 0 Å². The lowest BCUT2D eigenvalue weighted by atomic mass is 10.1. The molecule has 0 aliphatic carbocycles. The lowest BCUT2D eigenvalue weighted by molar-refractivity contribution is -0.116. The summed E-state index contributed by atoms with van der Waals surface area (Å²) in [7, 11) is 0. The summed E-state index contributed by atoms with van der Waals surface area (Å²) in [4.78, 5) is 42.7. The van der Waals surface area contributed by atoms with E-state index in [0.29, 0.717) is 34.6 Å². The van der Waals surface area contributed by atoms with Crippen LogP contribution in [0.1, 0.15) is 28.9 Å². The first-order chi connectivity index (χ1) is 18.0. The highest BCUT2D eigenvalue weighted by molar-refractivity contribution is 9.10. The number of aryl methyl sites for hydroxylation is 1. The minimum Gasteiger partial charge on any atom is -0.349 e. The number of fused-ring (bicyclic) bond motifs is 1. The highest BCUT2D eigenvalue weighted by Gasteiger charge is 2.17. The standard InChI is InChI=1S/C27H22BrN5O4/c28-18-12-13-20(19(15-18)25-32-27(36)37-33-25)31-26(35)22-14-17-9-5-10-21(24(17)30-22)29-23(34)11-4-8-16-6-2-1-3-7-16/h1-3,5-7,9-10,12-15,30H,4,8,11H2,(H,29,34)(H,31,35)(H,32,33,36). The van der Waals surface area contributed by atoms with Gasteiger partial charge in [0.1, 0.15) is 5.69 Å². The molecule has 0 radical (unpaired) electrons. The van der Waals surface area contributed by atoms with E-state index in [1.807, 2.05) is 42.5 Å². The highest BCUT2D eigenvalue weighted by Crippen LogP contribution is 2.30. The van der Waals surface area contributed by atoms with Gasteiger partial charge in [0.2, 0.25) is 5.91 Å². The van der Waals surface area contributed by atoms with Gasteiger partial charge in [-0.05, 0) is 48.7 Å². The number of nitrogens with one attached hydrogen (secondary N) is 4. The van der Waals surface area contributed by atoms with E-state index in [4.69, 9.17) is 0 Å². The first-order valence-electron chi connectivity index (χ1n) is 11.6. The summed E-state index contributed by atoms with van der Waals surface area (Å²) in [6.07, 6.45) is 1.94. The number of para-hydroxylation sites is 1. The van der Waals surface area contributed by atoms with Crippen LogP contribution in [0.2, 0.25) is 0 Å². The zero-order valence-electron chi connectivity index (χ0n) is 19.5. The molecule has 0 fully saturated rings. The topological polar surface area (TPSA) is 133 Å². The Bertz CT molecular complexity index is 1640. The number of nitrogens with zero attached hydrogens (tertiary/aromatic N) is 1. The first kappa shape index (κ1) is 24.3. The van der Waals surface area contributed by atoms with Crippen molar-refractivity contribution in [3.63, 3.8) is 0 Å². The quantitative estimate of drug-likeness (QED) is 0.199. The van der Waals surface area contributed by atoms with Gasteiger partial charge >= 0.3 is 5.76 Å². The van der Waals surface area contributed by atoms with Gasteiger partial charge in [-0.2, -0.15) is 0 Å². The van der Waals surface area contributed by atoms with Gasteiger partial charge in [-0.25, -0.2) is 4.79 Å². The van der Waals surface area contributed by atoms with Crippen LogP contribution in [-0.4, -0.2) is 26.9 Å². The Labute approximate surface area is 219 Å². The van der Waals surface area contributed by atoms with E-state index in [9.17, 15) is 14.4 Å². The zero-order valence-corrected chi connectivity index (χ0v) is 21.1. The molecular formula is C27H22BrN5O4. The number of carbonyl (C=O) groups excluding carboxylic acids is 2. The molecule has 186 valence electrons.